The summed E-state index contributed by atoms with van der Waals surface area (Å²) in [7, 11) is 0. The Kier molecular flexibility index (Phi) is 19.2. The van der Waals surface area contributed by atoms with Gasteiger partial charge in [0.25, 0.3) is 0 Å². The lowest BCUT2D eigenvalue weighted by atomic mass is 10.1. The normalized spacial score (nSPS) is 10.5. The molecule has 0 fully saturated rings. The van der Waals surface area contributed by atoms with Crippen molar-refractivity contribution in [1.82, 2.24) is 0 Å². The van der Waals surface area contributed by atoms with Gasteiger partial charge in [-0.2, -0.15) is 0 Å². The van der Waals surface area contributed by atoms with Crippen molar-refractivity contribution in [3.05, 3.63) is 275 Å². The summed E-state index contributed by atoms with van der Waals surface area (Å²) in [4.78, 5) is 43.7. The Labute approximate surface area is 477 Å². The summed E-state index contributed by atoms with van der Waals surface area (Å²) >= 11 is 0. The second-order valence-corrected chi connectivity index (χ2v) is 18.0. The molecule has 0 saturated heterocycles. The summed E-state index contributed by atoms with van der Waals surface area (Å²) in [6.45, 7) is 11.2. The van der Waals surface area contributed by atoms with Crippen LogP contribution in [0.1, 0.15) is 0 Å². The minimum Gasteiger partial charge on any atom is -0.490 e. The highest BCUT2D eigenvalue weighted by molar-refractivity contribution is 5.86. The Morgan fingerprint density at radius 1 is 0.268 bits per heavy atom. The largest absolute Gasteiger partial charge is 0.490 e. The summed E-state index contributed by atoms with van der Waals surface area (Å²) in [5, 5.41) is 0. The molecule has 0 heterocycles. The second-order valence-electron chi connectivity index (χ2n) is 18.0. The highest BCUT2D eigenvalue weighted by Crippen LogP contribution is 2.44. The standard InChI is InChI=1S/C69H60N4O9/c1-4-67(74)80-46-43-77-64-28-16-25-61(49-64)71(52-19-10-7-11-20-52)58-37-31-55(32-38-58)70(56-33-39-59(40-34-56)72(53-21-12-8-13-22-53)62-26-17-29-65(50-62)78-44-47-81-68(75)5-2)57-35-41-60(42-36-57)73(54-23-14-9-15-24-54)63-27-18-30-66(51-63)79-45-48-82-69(76)6-3/h4-42,49-51H,1-3,43-48H2. The van der Waals surface area contributed by atoms with Gasteiger partial charge in [0, 0.05) is 105 Å². The van der Waals surface area contributed by atoms with Gasteiger partial charge in [-0.1, -0.05) is 92.5 Å². The number of hydrogen-bond acceptors (Lipinski definition) is 13. The van der Waals surface area contributed by atoms with Crippen molar-refractivity contribution in [3.8, 4) is 17.2 Å². The van der Waals surface area contributed by atoms with Gasteiger partial charge in [0.05, 0.1) is 0 Å². The van der Waals surface area contributed by atoms with E-state index in [2.05, 4.69) is 149 Å². The third-order valence-corrected chi connectivity index (χ3v) is 12.7. The number of carbonyl (C=O) groups is 3. The molecule has 0 spiro atoms. The van der Waals surface area contributed by atoms with E-state index in [-0.39, 0.29) is 39.6 Å². The Bertz CT molecular complexity index is 3190. The number of nitrogens with zero attached hydrogens (tertiary/aromatic N) is 4. The molecule has 9 aromatic rings. The lowest BCUT2D eigenvalue weighted by Crippen LogP contribution is -2.14. The van der Waals surface area contributed by atoms with Crippen molar-refractivity contribution >= 4 is 86.2 Å². The Morgan fingerprint density at radius 2 is 0.476 bits per heavy atom. The molecule has 9 aromatic carbocycles. The van der Waals surface area contributed by atoms with E-state index >= 15 is 0 Å². The summed E-state index contributed by atoms with van der Waals surface area (Å²) in [6.07, 6.45) is 3.38. The van der Waals surface area contributed by atoms with Crippen molar-refractivity contribution in [2.24, 2.45) is 0 Å². The average Bonchev–Trinajstić information content (AvgIpc) is 3.72. The predicted molar refractivity (Wildman–Crippen MR) is 325 cm³/mol. The molecule has 82 heavy (non-hydrogen) atoms. The van der Waals surface area contributed by atoms with E-state index in [1.807, 2.05) is 127 Å². The number of para-hydroxylation sites is 3. The quantitative estimate of drug-likeness (QED) is 0.0210. The fourth-order valence-electron chi connectivity index (χ4n) is 8.99. The van der Waals surface area contributed by atoms with Gasteiger partial charge in [0.1, 0.15) is 56.9 Å². The summed E-state index contributed by atoms with van der Waals surface area (Å²) < 4.78 is 33.5. The molecular formula is C69H60N4O9. The molecule has 13 heteroatoms. The highest BCUT2D eigenvalue weighted by atomic mass is 16.6. The number of carbonyl (C=O) groups excluding carboxylic acids is 3. The molecule has 0 saturated carbocycles. The topological polar surface area (TPSA) is 120 Å². The van der Waals surface area contributed by atoms with Crippen LogP contribution in [0.15, 0.2) is 275 Å². The molecule has 0 atom stereocenters. The number of ether oxygens (including phenoxy) is 6. The van der Waals surface area contributed by atoms with E-state index in [9.17, 15) is 14.4 Å². The number of anilines is 12. The maximum atomic E-state index is 11.7. The lowest BCUT2D eigenvalue weighted by molar-refractivity contribution is -0.139. The Morgan fingerprint density at radius 3 is 0.707 bits per heavy atom. The molecular weight excluding hydrogens is 1030 g/mol. The first kappa shape index (κ1) is 55.9. The van der Waals surface area contributed by atoms with Gasteiger partial charge in [-0.15, -0.1) is 0 Å². The average molecular weight is 1090 g/mol. The number of rotatable bonds is 27. The Hall–Kier alpha value is -10.8. The van der Waals surface area contributed by atoms with Gasteiger partial charge in [-0.05, 0) is 146 Å². The van der Waals surface area contributed by atoms with Gasteiger partial charge in [-0.25, -0.2) is 14.4 Å². The van der Waals surface area contributed by atoms with Gasteiger partial charge in [0.15, 0.2) is 0 Å². The van der Waals surface area contributed by atoms with Gasteiger partial charge >= 0.3 is 17.9 Å². The smallest absolute Gasteiger partial charge is 0.330 e. The molecule has 0 aliphatic rings. The van der Waals surface area contributed by atoms with E-state index in [1.54, 1.807) is 0 Å². The van der Waals surface area contributed by atoms with Crippen molar-refractivity contribution < 1.29 is 42.8 Å². The number of benzene rings is 9. The van der Waals surface area contributed by atoms with Crippen LogP contribution in [0.25, 0.3) is 0 Å². The van der Waals surface area contributed by atoms with Crippen LogP contribution in [0.4, 0.5) is 68.2 Å². The molecule has 410 valence electrons. The van der Waals surface area contributed by atoms with Crippen LogP contribution in [-0.4, -0.2) is 57.5 Å². The molecule has 0 radical (unpaired) electrons. The van der Waals surface area contributed by atoms with E-state index in [4.69, 9.17) is 28.4 Å². The van der Waals surface area contributed by atoms with Crippen molar-refractivity contribution in [2.45, 2.75) is 0 Å². The highest BCUT2D eigenvalue weighted by Gasteiger charge is 2.21. The zero-order chi connectivity index (χ0) is 56.9. The maximum Gasteiger partial charge on any atom is 0.330 e. The molecule has 9 rings (SSSR count). The molecule has 0 aliphatic heterocycles. The molecule has 0 amide bonds. The lowest BCUT2D eigenvalue weighted by Gasteiger charge is -2.30. The van der Waals surface area contributed by atoms with E-state index < -0.39 is 17.9 Å². The van der Waals surface area contributed by atoms with Crippen LogP contribution < -0.4 is 33.8 Å². The number of hydrogen-bond donors (Lipinski definition) is 0. The molecule has 0 bridgehead atoms. The Balaban J connectivity index is 1.08. The molecule has 0 aromatic heterocycles. The van der Waals surface area contributed by atoms with Crippen LogP contribution in [-0.2, 0) is 28.6 Å². The van der Waals surface area contributed by atoms with Crippen molar-refractivity contribution in [1.29, 1.82) is 0 Å². The third kappa shape index (κ3) is 14.7. The van der Waals surface area contributed by atoms with Crippen molar-refractivity contribution in [3.63, 3.8) is 0 Å². The summed E-state index contributed by atoms with van der Waals surface area (Å²) in [6, 6.07) is 79.0. The second kappa shape index (κ2) is 28.2. The van der Waals surface area contributed by atoms with Crippen molar-refractivity contribution in [2.75, 3.05) is 59.2 Å². The fraction of sp³-hybridized carbons (Fsp3) is 0.0870. The van der Waals surface area contributed by atoms with Gasteiger partial charge < -0.3 is 48.0 Å². The SMILES string of the molecule is C=CC(=O)OCCOc1cccc(N(c2ccccc2)c2ccc(N(c3ccc(N(c4ccccc4)c4cccc(OCCOC(=O)C=C)c4)cc3)c3ccc(N(c4ccccc4)c4cccc(OCCOC(=O)C=C)c4)cc3)cc2)c1. The maximum absolute atomic E-state index is 11.7. The molecule has 0 N–H and O–H groups in total. The van der Waals surface area contributed by atoms with Gasteiger partial charge in [0.2, 0.25) is 0 Å². The fourth-order valence-corrected chi connectivity index (χ4v) is 8.99. The minimum absolute atomic E-state index is 0.0858. The van der Waals surface area contributed by atoms with Gasteiger partial charge in [-0.3, -0.25) is 0 Å². The van der Waals surface area contributed by atoms with Crippen LogP contribution in [0, 0.1) is 0 Å². The zero-order valence-electron chi connectivity index (χ0n) is 45.1. The van der Waals surface area contributed by atoms with Crippen LogP contribution in [0.3, 0.4) is 0 Å². The predicted octanol–water partition coefficient (Wildman–Crippen LogP) is 15.9. The van der Waals surface area contributed by atoms with Crippen LogP contribution in [0.5, 0.6) is 17.2 Å². The van der Waals surface area contributed by atoms with Crippen LogP contribution >= 0.6 is 0 Å². The summed E-state index contributed by atoms with van der Waals surface area (Å²) in [5.41, 5.74) is 10.8. The van der Waals surface area contributed by atoms with Crippen LogP contribution in [0.2, 0.25) is 0 Å². The summed E-state index contributed by atoms with van der Waals surface area (Å²) in [5.74, 6) is 0.343. The first-order valence-corrected chi connectivity index (χ1v) is 26.5. The molecule has 0 unspecified atom stereocenters. The first-order valence-electron chi connectivity index (χ1n) is 26.5. The number of esters is 3. The first-order chi connectivity index (χ1) is 40.3. The van der Waals surface area contributed by atoms with E-state index in [0.717, 1.165) is 86.5 Å². The van der Waals surface area contributed by atoms with E-state index in [0.29, 0.717) is 17.2 Å². The van der Waals surface area contributed by atoms with E-state index in [1.165, 1.54) is 0 Å². The molecule has 13 nitrogen and oxygen atoms in total. The minimum atomic E-state index is -0.505. The molecule has 0 aliphatic carbocycles. The third-order valence-electron chi connectivity index (χ3n) is 12.7. The zero-order valence-corrected chi connectivity index (χ0v) is 45.1. The monoisotopic (exact) mass is 1090 g/mol.